The molecule has 1 aromatic heterocycles. The van der Waals surface area contributed by atoms with Crippen molar-refractivity contribution >= 4 is 17.5 Å². The maximum atomic E-state index is 13.0. The van der Waals surface area contributed by atoms with Crippen LogP contribution in [0.2, 0.25) is 0 Å². The topological polar surface area (TPSA) is 58.1 Å². The lowest BCUT2D eigenvalue weighted by Crippen LogP contribution is -2.30. The van der Waals surface area contributed by atoms with Gasteiger partial charge in [0.25, 0.3) is 0 Å². The van der Waals surface area contributed by atoms with Gasteiger partial charge in [-0.1, -0.05) is 12.1 Å². The highest BCUT2D eigenvalue weighted by atomic mass is 16.1. The van der Waals surface area contributed by atoms with Crippen LogP contribution in [-0.2, 0) is 30.5 Å². The van der Waals surface area contributed by atoms with Crippen LogP contribution in [0, 0.1) is 5.92 Å². The highest BCUT2D eigenvalue weighted by Crippen LogP contribution is 2.30. The fraction of sp³-hybridized carbons (Fsp3) is 0.522. The van der Waals surface area contributed by atoms with Crippen molar-refractivity contribution in [1.82, 2.24) is 9.97 Å². The molecule has 28 heavy (non-hydrogen) atoms. The zero-order chi connectivity index (χ0) is 18.9. The minimum Gasteiger partial charge on any atom is -0.341 e. The number of benzene rings is 1. The second kappa shape index (κ2) is 7.53. The minimum atomic E-state index is 0.00758. The molecule has 5 heteroatoms. The van der Waals surface area contributed by atoms with Crippen LogP contribution in [0.3, 0.4) is 0 Å². The number of aromatic nitrogens is 2. The zero-order valence-corrected chi connectivity index (χ0v) is 16.4. The van der Waals surface area contributed by atoms with E-state index in [-0.39, 0.29) is 11.8 Å². The number of nitrogens with zero attached hydrogens (tertiary/aromatic N) is 3. The first kappa shape index (κ1) is 17.7. The molecule has 146 valence electrons. The van der Waals surface area contributed by atoms with Crippen molar-refractivity contribution < 1.29 is 4.79 Å². The van der Waals surface area contributed by atoms with Gasteiger partial charge >= 0.3 is 0 Å². The SMILES string of the molecule is O=C(Nc1cccc2c1CCCC2)[C@H]1CCc2nc(N3CCCC3)ncc2C1. The molecule has 1 amide bonds. The summed E-state index contributed by atoms with van der Waals surface area (Å²) < 4.78 is 0. The van der Waals surface area contributed by atoms with Crippen LogP contribution in [0.15, 0.2) is 24.4 Å². The molecule has 0 radical (unpaired) electrons. The van der Waals surface area contributed by atoms with Crippen LogP contribution in [0.25, 0.3) is 0 Å². The van der Waals surface area contributed by atoms with Crippen LogP contribution in [0.4, 0.5) is 11.6 Å². The van der Waals surface area contributed by atoms with E-state index in [0.29, 0.717) is 0 Å². The highest BCUT2D eigenvalue weighted by Gasteiger charge is 2.28. The molecule has 5 nitrogen and oxygen atoms in total. The van der Waals surface area contributed by atoms with Crippen LogP contribution in [0.5, 0.6) is 0 Å². The van der Waals surface area contributed by atoms with Crippen molar-refractivity contribution in [2.24, 2.45) is 5.92 Å². The van der Waals surface area contributed by atoms with Gasteiger partial charge in [-0.15, -0.1) is 0 Å². The predicted molar refractivity (Wildman–Crippen MR) is 111 cm³/mol. The predicted octanol–water partition coefficient (Wildman–Crippen LogP) is 3.70. The van der Waals surface area contributed by atoms with E-state index < -0.39 is 0 Å². The van der Waals surface area contributed by atoms with Crippen molar-refractivity contribution in [3.63, 3.8) is 0 Å². The molecule has 2 heterocycles. The fourth-order valence-corrected chi connectivity index (χ4v) is 4.92. The zero-order valence-electron chi connectivity index (χ0n) is 16.4. The third-order valence-electron chi connectivity index (χ3n) is 6.55. The Bertz CT molecular complexity index is 888. The lowest BCUT2D eigenvalue weighted by molar-refractivity contribution is -0.120. The molecule has 5 rings (SSSR count). The number of rotatable bonds is 3. The van der Waals surface area contributed by atoms with Gasteiger partial charge < -0.3 is 10.2 Å². The third-order valence-corrected chi connectivity index (χ3v) is 6.55. The van der Waals surface area contributed by atoms with E-state index in [1.54, 1.807) is 0 Å². The van der Waals surface area contributed by atoms with E-state index in [0.717, 1.165) is 68.1 Å². The summed E-state index contributed by atoms with van der Waals surface area (Å²) in [4.78, 5) is 24.7. The number of carbonyl (C=O) groups is 1. The van der Waals surface area contributed by atoms with Gasteiger partial charge in [-0.25, -0.2) is 9.97 Å². The number of aryl methyl sites for hydroxylation is 2. The van der Waals surface area contributed by atoms with Gasteiger partial charge in [0.1, 0.15) is 0 Å². The summed E-state index contributed by atoms with van der Waals surface area (Å²) in [5.74, 6) is 1.02. The number of amides is 1. The molecule has 1 fully saturated rings. The number of hydrogen-bond donors (Lipinski definition) is 1. The average Bonchev–Trinajstić information content (AvgIpc) is 3.28. The summed E-state index contributed by atoms with van der Waals surface area (Å²) in [5, 5.41) is 3.24. The Morgan fingerprint density at radius 1 is 1.04 bits per heavy atom. The summed E-state index contributed by atoms with van der Waals surface area (Å²) in [5.41, 5.74) is 6.05. The summed E-state index contributed by atoms with van der Waals surface area (Å²) in [6, 6.07) is 6.34. The molecular weight excluding hydrogens is 348 g/mol. The molecule has 1 atom stereocenters. The highest BCUT2D eigenvalue weighted by molar-refractivity contribution is 5.93. The number of nitrogens with one attached hydrogen (secondary N) is 1. The molecule has 2 aromatic rings. The first-order valence-corrected chi connectivity index (χ1v) is 10.8. The van der Waals surface area contributed by atoms with E-state index in [2.05, 4.69) is 33.4 Å². The summed E-state index contributed by atoms with van der Waals surface area (Å²) in [7, 11) is 0. The molecule has 0 saturated carbocycles. The van der Waals surface area contributed by atoms with Crippen molar-refractivity contribution in [2.45, 2.75) is 57.8 Å². The summed E-state index contributed by atoms with van der Waals surface area (Å²) in [6.07, 6.45) is 11.6. The van der Waals surface area contributed by atoms with Crippen LogP contribution in [-0.4, -0.2) is 29.0 Å². The maximum Gasteiger partial charge on any atom is 0.227 e. The van der Waals surface area contributed by atoms with Gasteiger partial charge in [-0.2, -0.15) is 0 Å². The molecular formula is C23H28N4O. The van der Waals surface area contributed by atoms with E-state index in [1.807, 2.05) is 6.20 Å². The van der Waals surface area contributed by atoms with Crippen molar-refractivity contribution in [3.8, 4) is 0 Å². The van der Waals surface area contributed by atoms with E-state index >= 15 is 0 Å². The van der Waals surface area contributed by atoms with Crippen molar-refractivity contribution in [1.29, 1.82) is 0 Å². The maximum absolute atomic E-state index is 13.0. The van der Waals surface area contributed by atoms with Crippen molar-refractivity contribution in [2.75, 3.05) is 23.3 Å². The van der Waals surface area contributed by atoms with Gasteiger partial charge in [-0.05, 0) is 80.5 Å². The normalized spacial score (nSPS) is 21.1. The van der Waals surface area contributed by atoms with Crippen LogP contribution >= 0.6 is 0 Å². The minimum absolute atomic E-state index is 0.00758. The Hall–Kier alpha value is -2.43. The molecule has 0 unspecified atom stereocenters. The van der Waals surface area contributed by atoms with Gasteiger partial charge in [0.2, 0.25) is 11.9 Å². The summed E-state index contributed by atoms with van der Waals surface area (Å²) >= 11 is 0. The fourth-order valence-electron chi connectivity index (χ4n) is 4.92. The van der Waals surface area contributed by atoms with E-state index in [9.17, 15) is 4.79 Å². The molecule has 0 spiro atoms. The Labute approximate surface area is 166 Å². The Morgan fingerprint density at radius 3 is 2.79 bits per heavy atom. The van der Waals surface area contributed by atoms with Crippen molar-refractivity contribution in [3.05, 3.63) is 46.8 Å². The van der Waals surface area contributed by atoms with Crippen LogP contribution < -0.4 is 10.2 Å². The van der Waals surface area contributed by atoms with Gasteiger partial charge in [0, 0.05) is 36.6 Å². The molecule has 3 aliphatic rings. The molecule has 1 N–H and O–H groups in total. The summed E-state index contributed by atoms with van der Waals surface area (Å²) in [6.45, 7) is 2.12. The number of carbonyl (C=O) groups excluding carboxylic acids is 1. The molecule has 1 aromatic carbocycles. The smallest absolute Gasteiger partial charge is 0.227 e. The Balaban J connectivity index is 1.29. The van der Waals surface area contributed by atoms with E-state index in [4.69, 9.17) is 4.98 Å². The largest absolute Gasteiger partial charge is 0.341 e. The monoisotopic (exact) mass is 376 g/mol. The number of fused-ring (bicyclic) bond motifs is 2. The Morgan fingerprint density at radius 2 is 1.89 bits per heavy atom. The lowest BCUT2D eigenvalue weighted by atomic mass is 9.86. The standard InChI is InChI=1S/C23H28N4O/c28-22(25-21-9-5-7-16-6-1-2-8-19(16)21)17-10-11-20-18(14-17)15-24-23(26-20)27-12-3-4-13-27/h5,7,9,15,17H,1-4,6,8,10-14H2,(H,25,28)/t17-/m0/s1. The number of anilines is 2. The molecule has 0 bridgehead atoms. The van der Waals surface area contributed by atoms with Gasteiger partial charge in [-0.3, -0.25) is 4.79 Å². The third kappa shape index (κ3) is 3.38. The van der Waals surface area contributed by atoms with Gasteiger partial charge in [0.15, 0.2) is 0 Å². The molecule has 2 aliphatic carbocycles. The Kier molecular flexibility index (Phi) is 4.75. The quantitative estimate of drug-likeness (QED) is 0.887. The first-order chi connectivity index (χ1) is 13.8. The lowest BCUT2D eigenvalue weighted by Gasteiger charge is -2.26. The molecule has 1 saturated heterocycles. The average molecular weight is 377 g/mol. The number of hydrogen-bond acceptors (Lipinski definition) is 4. The second-order valence-corrected chi connectivity index (χ2v) is 8.42. The van der Waals surface area contributed by atoms with Crippen LogP contribution in [0.1, 0.15) is 54.5 Å². The second-order valence-electron chi connectivity index (χ2n) is 8.42. The van der Waals surface area contributed by atoms with E-state index in [1.165, 1.54) is 36.8 Å². The first-order valence-electron chi connectivity index (χ1n) is 10.8. The molecule has 1 aliphatic heterocycles. The van der Waals surface area contributed by atoms with Gasteiger partial charge in [0.05, 0.1) is 0 Å².